The molecule has 3 heterocycles. The minimum Gasteiger partial charge on any atom is -0.361 e. The molecule has 0 amide bonds. The number of unbranched alkanes of at least 4 members (excludes halogenated alkanes) is 1. The average Bonchev–Trinajstić information content (AvgIpc) is 3.21. The number of fused-ring (bicyclic) bond motifs is 2. The predicted molar refractivity (Wildman–Crippen MR) is 122 cm³/mol. The lowest BCUT2D eigenvalue weighted by atomic mass is 9.89. The Morgan fingerprint density at radius 1 is 0.967 bits per heavy atom. The van der Waals surface area contributed by atoms with E-state index in [1.165, 1.54) is 29.3 Å². The lowest BCUT2D eigenvalue weighted by Gasteiger charge is -2.32. The normalized spacial score (nSPS) is 15.9. The van der Waals surface area contributed by atoms with Gasteiger partial charge in [-0.1, -0.05) is 30.3 Å². The first-order chi connectivity index (χ1) is 14.8. The number of nitrogens with one attached hydrogen (secondary N) is 2. The fourth-order valence-corrected chi connectivity index (χ4v) is 4.78. The second kappa shape index (κ2) is 8.44. The van der Waals surface area contributed by atoms with Gasteiger partial charge in [0.05, 0.1) is 10.9 Å². The van der Waals surface area contributed by atoms with Gasteiger partial charge in [0.25, 0.3) is 5.56 Å². The summed E-state index contributed by atoms with van der Waals surface area (Å²) >= 11 is 0. The fourth-order valence-electron chi connectivity index (χ4n) is 4.78. The van der Waals surface area contributed by atoms with Crippen molar-refractivity contribution < 1.29 is 0 Å². The maximum Gasteiger partial charge on any atom is 0.258 e. The molecule has 5 heteroatoms. The highest BCUT2D eigenvalue weighted by Gasteiger charge is 2.22. The summed E-state index contributed by atoms with van der Waals surface area (Å²) in [5.74, 6) is 1.46. The van der Waals surface area contributed by atoms with Crippen LogP contribution in [0.3, 0.4) is 0 Å². The molecule has 1 saturated heterocycles. The van der Waals surface area contributed by atoms with Crippen LogP contribution in [0.15, 0.2) is 59.5 Å². The Morgan fingerprint density at radius 2 is 1.73 bits per heavy atom. The third-order valence-corrected chi connectivity index (χ3v) is 6.45. The van der Waals surface area contributed by atoms with Crippen LogP contribution in [0.1, 0.15) is 43.0 Å². The molecule has 0 atom stereocenters. The van der Waals surface area contributed by atoms with E-state index < -0.39 is 0 Å². The molecule has 5 nitrogen and oxygen atoms in total. The van der Waals surface area contributed by atoms with E-state index in [0.717, 1.165) is 50.2 Å². The Bertz CT molecular complexity index is 1200. The molecule has 30 heavy (non-hydrogen) atoms. The number of nitrogens with zero attached hydrogens (tertiary/aromatic N) is 2. The van der Waals surface area contributed by atoms with E-state index in [1.807, 2.05) is 24.3 Å². The molecule has 2 aromatic carbocycles. The molecule has 1 aliphatic rings. The summed E-state index contributed by atoms with van der Waals surface area (Å²) in [6.07, 6.45) is 7.66. The maximum absolute atomic E-state index is 12.2. The number of aromatic nitrogens is 3. The Hall–Kier alpha value is -2.92. The van der Waals surface area contributed by atoms with Gasteiger partial charge < -0.3 is 14.9 Å². The van der Waals surface area contributed by atoms with Crippen LogP contribution in [-0.2, 0) is 6.42 Å². The zero-order chi connectivity index (χ0) is 20.3. The highest BCUT2D eigenvalue weighted by Crippen LogP contribution is 2.33. The topological polar surface area (TPSA) is 64.8 Å². The minimum absolute atomic E-state index is 0.0325. The molecular formula is C25H28N4O. The molecule has 4 aromatic rings. The SMILES string of the molecule is O=c1[nH]c(CCCCN2CCC(c3c[nH]c4ccccc34)CC2)nc2ccccc12. The van der Waals surface area contributed by atoms with Gasteiger partial charge in [0.15, 0.2) is 0 Å². The van der Waals surface area contributed by atoms with E-state index in [2.05, 4.69) is 50.3 Å². The highest BCUT2D eigenvalue weighted by molar-refractivity contribution is 5.83. The van der Waals surface area contributed by atoms with E-state index in [4.69, 9.17) is 0 Å². The first kappa shape index (κ1) is 19.1. The second-order valence-electron chi connectivity index (χ2n) is 8.39. The first-order valence-corrected chi connectivity index (χ1v) is 11.0. The predicted octanol–water partition coefficient (Wildman–Crippen LogP) is 4.61. The van der Waals surface area contributed by atoms with Crippen LogP contribution in [-0.4, -0.2) is 39.5 Å². The number of hydrogen-bond donors (Lipinski definition) is 2. The van der Waals surface area contributed by atoms with Crippen molar-refractivity contribution in [1.82, 2.24) is 19.9 Å². The van der Waals surface area contributed by atoms with Gasteiger partial charge in [0.1, 0.15) is 5.82 Å². The zero-order valence-corrected chi connectivity index (χ0v) is 17.2. The Morgan fingerprint density at radius 3 is 2.60 bits per heavy atom. The van der Waals surface area contributed by atoms with Gasteiger partial charge in [-0.25, -0.2) is 4.98 Å². The number of aryl methyl sites for hydroxylation is 1. The Labute approximate surface area is 176 Å². The maximum atomic E-state index is 12.2. The smallest absolute Gasteiger partial charge is 0.258 e. The number of H-pyrrole nitrogens is 2. The fraction of sp³-hybridized carbons (Fsp3) is 0.360. The van der Waals surface area contributed by atoms with Crippen LogP contribution in [0.2, 0.25) is 0 Å². The molecule has 0 unspecified atom stereocenters. The number of aromatic amines is 2. The average molecular weight is 401 g/mol. The molecule has 1 aliphatic heterocycles. The summed E-state index contributed by atoms with van der Waals surface area (Å²) in [5, 5.41) is 2.05. The molecule has 154 valence electrons. The lowest BCUT2D eigenvalue weighted by molar-refractivity contribution is 0.209. The Kier molecular flexibility index (Phi) is 5.37. The van der Waals surface area contributed by atoms with Crippen LogP contribution in [0.4, 0.5) is 0 Å². The van der Waals surface area contributed by atoms with Crippen molar-refractivity contribution in [3.63, 3.8) is 0 Å². The van der Waals surface area contributed by atoms with Crippen molar-refractivity contribution in [2.45, 2.75) is 38.0 Å². The summed E-state index contributed by atoms with van der Waals surface area (Å²) in [4.78, 5) is 25.7. The summed E-state index contributed by atoms with van der Waals surface area (Å²) in [7, 11) is 0. The van der Waals surface area contributed by atoms with Crippen molar-refractivity contribution in [3.05, 3.63) is 76.5 Å². The standard InChI is InChI=1S/C25H28N4O/c30-25-20-8-2-4-10-23(20)27-24(28-25)11-5-6-14-29-15-12-18(13-16-29)21-17-26-22-9-3-1-7-19(21)22/h1-4,7-10,17-18,26H,5-6,11-16H2,(H,27,28,30). The van der Waals surface area contributed by atoms with Gasteiger partial charge in [-0.05, 0) is 75.0 Å². The molecule has 2 N–H and O–H groups in total. The molecule has 5 rings (SSSR count). The van der Waals surface area contributed by atoms with Crippen molar-refractivity contribution >= 4 is 21.8 Å². The molecule has 2 aromatic heterocycles. The number of benzene rings is 2. The van der Waals surface area contributed by atoms with E-state index in [9.17, 15) is 4.79 Å². The third-order valence-electron chi connectivity index (χ3n) is 6.45. The van der Waals surface area contributed by atoms with Crippen molar-refractivity contribution in [1.29, 1.82) is 0 Å². The van der Waals surface area contributed by atoms with Crippen molar-refractivity contribution in [2.75, 3.05) is 19.6 Å². The minimum atomic E-state index is -0.0325. The van der Waals surface area contributed by atoms with Crippen molar-refractivity contribution in [3.8, 4) is 0 Å². The van der Waals surface area contributed by atoms with Crippen LogP contribution >= 0.6 is 0 Å². The molecule has 0 radical (unpaired) electrons. The summed E-state index contributed by atoms with van der Waals surface area (Å²) in [6, 6.07) is 16.2. The van der Waals surface area contributed by atoms with Gasteiger partial charge >= 0.3 is 0 Å². The summed E-state index contributed by atoms with van der Waals surface area (Å²) in [6.45, 7) is 3.45. The molecule has 0 aliphatic carbocycles. The molecule has 0 spiro atoms. The van der Waals surface area contributed by atoms with Crippen LogP contribution in [0.25, 0.3) is 21.8 Å². The van der Waals surface area contributed by atoms with Crippen LogP contribution in [0.5, 0.6) is 0 Å². The van der Waals surface area contributed by atoms with Gasteiger partial charge in [-0.2, -0.15) is 0 Å². The third kappa shape index (κ3) is 3.90. The lowest BCUT2D eigenvalue weighted by Crippen LogP contribution is -2.33. The monoisotopic (exact) mass is 400 g/mol. The summed E-state index contributed by atoms with van der Waals surface area (Å²) in [5.41, 5.74) is 3.48. The quantitative estimate of drug-likeness (QED) is 0.465. The van der Waals surface area contributed by atoms with E-state index >= 15 is 0 Å². The zero-order valence-electron chi connectivity index (χ0n) is 17.2. The molecule has 0 saturated carbocycles. The summed E-state index contributed by atoms with van der Waals surface area (Å²) < 4.78 is 0. The van der Waals surface area contributed by atoms with E-state index in [-0.39, 0.29) is 5.56 Å². The number of rotatable bonds is 6. The van der Waals surface area contributed by atoms with Gasteiger partial charge in [0, 0.05) is 23.5 Å². The second-order valence-corrected chi connectivity index (χ2v) is 8.39. The van der Waals surface area contributed by atoms with Crippen molar-refractivity contribution in [2.24, 2.45) is 0 Å². The molecular weight excluding hydrogens is 372 g/mol. The van der Waals surface area contributed by atoms with Crippen LogP contribution < -0.4 is 5.56 Å². The Balaban J connectivity index is 1.11. The van der Waals surface area contributed by atoms with Gasteiger partial charge in [-0.3, -0.25) is 4.79 Å². The number of piperidine rings is 1. The van der Waals surface area contributed by atoms with Gasteiger partial charge in [-0.15, -0.1) is 0 Å². The number of likely N-dealkylation sites (tertiary alicyclic amines) is 1. The first-order valence-electron chi connectivity index (χ1n) is 11.0. The van der Waals surface area contributed by atoms with Gasteiger partial charge in [0.2, 0.25) is 0 Å². The number of hydrogen-bond acceptors (Lipinski definition) is 3. The largest absolute Gasteiger partial charge is 0.361 e. The van der Waals surface area contributed by atoms with E-state index in [1.54, 1.807) is 0 Å². The van der Waals surface area contributed by atoms with Crippen LogP contribution in [0, 0.1) is 0 Å². The molecule has 1 fully saturated rings. The highest BCUT2D eigenvalue weighted by atomic mass is 16.1. The van der Waals surface area contributed by atoms with E-state index in [0.29, 0.717) is 11.3 Å². The molecule has 0 bridgehead atoms. The number of para-hydroxylation sites is 2.